The van der Waals surface area contributed by atoms with Crippen LogP contribution in [0.4, 0.5) is 17.1 Å². The summed E-state index contributed by atoms with van der Waals surface area (Å²) in [6.07, 6.45) is 0. The molecule has 0 N–H and O–H groups in total. The van der Waals surface area contributed by atoms with Crippen LogP contribution in [-0.2, 0) is 0 Å². The molecule has 4 heteroatoms. The predicted octanol–water partition coefficient (Wildman–Crippen LogP) is 13.4. The Bertz CT molecular complexity index is 2720. The molecule has 0 unspecified atom stereocenters. The lowest BCUT2D eigenvalue weighted by atomic mass is 10.0. The first-order valence-electron chi connectivity index (χ1n) is 17.1. The Morgan fingerprint density at radius 2 is 0.961 bits per heavy atom. The number of rotatable bonds is 6. The fourth-order valence-electron chi connectivity index (χ4n) is 7.18. The first kappa shape index (κ1) is 29.0. The van der Waals surface area contributed by atoms with Gasteiger partial charge in [-0.3, -0.25) is 0 Å². The molecule has 0 saturated carbocycles. The van der Waals surface area contributed by atoms with Crippen molar-refractivity contribution in [1.29, 1.82) is 0 Å². The Hall–Kier alpha value is -6.91. The van der Waals surface area contributed by atoms with E-state index < -0.39 is 0 Å². The first-order chi connectivity index (χ1) is 25.3. The molecule has 0 amide bonds. The number of aromatic nitrogens is 1. The van der Waals surface area contributed by atoms with Crippen LogP contribution in [0.1, 0.15) is 0 Å². The van der Waals surface area contributed by atoms with Crippen molar-refractivity contribution in [2.24, 2.45) is 0 Å². The number of oxazole rings is 1. The van der Waals surface area contributed by atoms with Crippen molar-refractivity contribution in [2.75, 3.05) is 4.90 Å². The molecular formula is C47H30N2O2. The quantitative estimate of drug-likeness (QED) is 0.179. The van der Waals surface area contributed by atoms with E-state index in [9.17, 15) is 0 Å². The van der Waals surface area contributed by atoms with Gasteiger partial charge in [-0.1, -0.05) is 121 Å². The van der Waals surface area contributed by atoms with E-state index in [0.717, 1.165) is 77.6 Å². The van der Waals surface area contributed by atoms with Gasteiger partial charge in [0.1, 0.15) is 11.1 Å². The molecule has 0 spiro atoms. The number of hydrogen-bond acceptors (Lipinski definition) is 4. The average Bonchev–Trinajstić information content (AvgIpc) is 3.80. The number of anilines is 3. The van der Waals surface area contributed by atoms with Gasteiger partial charge in [0, 0.05) is 33.1 Å². The van der Waals surface area contributed by atoms with Gasteiger partial charge < -0.3 is 13.7 Å². The van der Waals surface area contributed by atoms with Crippen LogP contribution in [-0.4, -0.2) is 4.98 Å². The van der Waals surface area contributed by atoms with Crippen molar-refractivity contribution in [3.05, 3.63) is 182 Å². The highest BCUT2D eigenvalue weighted by Crippen LogP contribution is 2.47. The van der Waals surface area contributed by atoms with E-state index >= 15 is 0 Å². The molecule has 0 aliphatic carbocycles. The zero-order valence-corrected chi connectivity index (χ0v) is 27.5. The fourth-order valence-corrected chi connectivity index (χ4v) is 7.18. The molecule has 51 heavy (non-hydrogen) atoms. The molecule has 0 aliphatic rings. The molecule has 0 bridgehead atoms. The topological polar surface area (TPSA) is 42.4 Å². The number of fused-ring (bicyclic) bond motifs is 5. The van der Waals surface area contributed by atoms with Crippen LogP contribution in [0.25, 0.3) is 77.5 Å². The minimum absolute atomic E-state index is 0.572. The van der Waals surface area contributed by atoms with Gasteiger partial charge in [-0.2, -0.15) is 0 Å². The molecule has 0 aliphatic heterocycles. The lowest BCUT2D eigenvalue weighted by Gasteiger charge is -2.27. The minimum Gasteiger partial charge on any atom is -0.454 e. The Morgan fingerprint density at radius 1 is 0.392 bits per heavy atom. The third-order valence-corrected chi connectivity index (χ3v) is 9.69. The largest absolute Gasteiger partial charge is 0.454 e. The second-order valence-corrected chi connectivity index (χ2v) is 12.8. The summed E-state index contributed by atoms with van der Waals surface area (Å²) >= 11 is 0. The normalized spacial score (nSPS) is 11.5. The van der Waals surface area contributed by atoms with E-state index in [4.69, 9.17) is 13.8 Å². The summed E-state index contributed by atoms with van der Waals surface area (Å²) in [7, 11) is 0. The second kappa shape index (κ2) is 11.9. The molecule has 2 heterocycles. The number of furan rings is 1. The van der Waals surface area contributed by atoms with Gasteiger partial charge in [0.2, 0.25) is 5.89 Å². The molecule has 0 saturated heterocycles. The number of para-hydroxylation sites is 2. The maximum atomic E-state index is 6.93. The Balaban J connectivity index is 1.19. The molecular weight excluding hydrogens is 625 g/mol. The molecule has 8 aromatic carbocycles. The summed E-state index contributed by atoms with van der Waals surface area (Å²) in [4.78, 5) is 7.09. The molecule has 4 nitrogen and oxygen atoms in total. The van der Waals surface area contributed by atoms with Gasteiger partial charge in [-0.05, 0) is 88.3 Å². The number of hydrogen-bond donors (Lipinski definition) is 0. The third-order valence-electron chi connectivity index (χ3n) is 9.69. The van der Waals surface area contributed by atoms with Crippen molar-refractivity contribution in [3.63, 3.8) is 0 Å². The van der Waals surface area contributed by atoms with Crippen LogP contribution in [0.5, 0.6) is 0 Å². The van der Waals surface area contributed by atoms with Gasteiger partial charge in [-0.15, -0.1) is 0 Å². The molecule has 10 aromatic rings. The Labute approximate surface area is 294 Å². The zero-order valence-electron chi connectivity index (χ0n) is 27.5. The van der Waals surface area contributed by atoms with E-state index in [2.05, 4.69) is 144 Å². The first-order valence-corrected chi connectivity index (χ1v) is 17.1. The molecule has 240 valence electrons. The second-order valence-electron chi connectivity index (χ2n) is 12.8. The van der Waals surface area contributed by atoms with E-state index in [1.165, 1.54) is 11.1 Å². The van der Waals surface area contributed by atoms with Crippen LogP contribution in [0.15, 0.2) is 191 Å². The fraction of sp³-hybridized carbons (Fsp3) is 0. The summed E-state index contributed by atoms with van der Waals surface area (Å²) in [5.74, 6) is 0.572. The van der Waals surface area contributed by atoms with Crippen molar-refractivity contribution < 1.29 is 8.83 Å². The lowest BCUT2D eigenvalue weighted by molar-refractivity contribution is 0.619. The predicted molar refractivity (Wildman–Crippen MR) is 210 cm³/mol. The standard InChI is InChI=1S/C47H30N2O2/c1-3-11-31(12-4-1)33-19-24-37(25-20-33)49(38-26-21-34(22-27-38)32-13-5-2-6-14-32)45-39-16-8-7-15-35(39)29-41-40-28-23-36(30-44(40)50-46(41)45)47-48-42-17-9-10-18-43(42)51-47/h1-30H. The summed E-state index contributed by atoms with van der Waals surface area (Å²) in [6.45, 7) is 0. The van der Waals surface area contributed by atoms with E-state index in [0.29, 0.717) is 5.89 Å². The lowest BCUT2D eigenvalue weighted by Crippen LogP contribution is -2.11. The highest BCUT2D eigenvalue weighted by Gasteiger charge is 2.23. The van der Waals surface area contributed by atoms with Crippen LogP contribution in [0.2, 0.25) is 0 Å². The van der Waals surface area contributed by atoms with Gasteiger partial charge in [0.05, 0.1) is 5.69 Å². The minimum atomic E-state index is 0.572. The third kappa shape index (κ3) is 5.04. The summed E-state index contributed by atoms with van der Waals surface area (Å²) in [6, 6.07) is 63.5. The van der Waals surface area contributed by atoms with Crippen LogP contribution in [0, 0.1) is 0 Å². The number of nitrogens with zero attached hydrogens (tertiary/aromatic N) is 2. The molecule has 0 radical (unpaired) electrons. The highest BCUT2D eigenvalue weighted by atomic mass is 16.3. The van der Waals surface area contributed by atoms with Crippen LogP contribution >= 0.6 is 0 Å². The van der Waals surface area contributed by atoms with Crippen molar-refractivity contribution in [3.8, 4) is 33.7 Å². The summed E-state index contributed by atoms with van der Waals surface area (Å²) in [5.41, 5.74) is 11.8. The smallest absolute Gasteiger partial charge is 0.227 e. The van der Waals surface area contributed by atoms with Crippen molar-refractivity contribution in [1.82, 2.24) is 4.98 Å². The monoisotopic (exact) mass is 654 g/mol. The SMILES string of the molecule is c1ccc(-c2ccc(N(c3ccc(-c4ccccc4)cc3)c3c4ccccc4cc4c3oc3cc(-c5nc6ccccc6o5)ccc34)cc2)cc1. The highest BCUT2D eigenvalue weighted by molar-refractivity contribution is 6.19. The van der Waals surface area contributed by atoms with Gasteiger partial charge in [0.25, 0.3) is 0 Å². The Morgan fingerprint density at radius 3 is 1.63 bits per heavy atom. The van der Waals surface area contributed by atoms with Crippen molar-refractivity contribution in [2.45, 2.75) is 0 Å². The summed E-state index contributed by atoms with van der Waals surface area (Å²) in [5, 5.41) is 4.32. The maximum absolute atomic E-state index is 6.93. The maximum Gasteiger partial charge on any atom is 0.227 e. The van der Waals surface area contributed by atoms with Gasteiger partial charge in [0.15, 0.2) is 11.2 Å². The van der Waals surface area contributed by atoms with E-state index in [1.54, 1.807) is 0 Å². The molecule has 10 rings (SSSR count). The molecule has 0 fully saturated rings. The zero-order chi connectivity index (χ0) is 33.7. The van der Waals surface area contributed by atoms with Crippen LogP contribution < -0.4 is 4.90 Å². The van der Waals surface area contributed by atoms with E-state index in [1.807, 2.05) is 42.5 Å². The van der Waals surface area contributed by atoms with E-state index in [-0.39, 0.29) is 0 Å². The van der Waals surface area contributed by atoms with Crippen LogP contribution in [0.3, 0.4) is 0 Å². The van der Waals surface area contributed by atoms with Crippen molar-refractivity contribution >= 4 is 60.9 Å². The molecule has 0 atom stereocenters. The Kier molecular flexibility index (Phi) is 6.78. The summed E-state index contributed by atoms with van der Waals surface area (Å²) < 4.78 is 13.1. The van der Waals surface area contributed by atoms with Gasteiger partial charge >= 0.3 is 0 Å². The average molecular weight is 655 g/mol. The number of benzene rings is 8. The van der Waals surface area contributed by atoms with Gasteiger partial charge in [-0.25, -0.2) is 4.98 Å². The molecule has 2 aromatic heterocycles.